The lowest BCUT2D eigenvalue weighted by Crippen LogP contribution is -2.68. The lowest BCUT2D eigenvalue weighted by atomic mass is 9.94. The maximum absolute atomic E-state index is 13.4. The van der Waals surface area contributed by atoms with Crippen molar-refractivity contribution in [2.75, 3.05) is 60.0 Å². The van der Waals surface area contributed by atoms with Crippen molar-refractivity contribution in [2.45, 2.75) is 252 Å². The normalized spacial score (nSPS) is 38.0. The molecule has 5 rings (SSSR count). The number of ether oxygens (including phenoxy) is 15. The number of nitrogens with zero attached hydrogens (tertiary/aromatic N) is 9. The van der Waals surface area contributed by atoms with Crippen LogP contribution in [0.1, 0.15) is 105 Å². The van der Waals surface area contributed by atoms with Crippen LogP contribution < -0.4 is 0 Å². The molecule has 0 spiro atoms. The van der Waals surface area contributed by atoms with Crippen LogP contribution in [0, 0.1) is 0 Å². The van der Waals surface area contributed by atoms with Gasteiger partial charge in [0.1, 0.15) is 79.2 Å². The zero-order valence-electron chi connectivity index (χ0n) is 48.4. The topological polar surface area (TPSA) is 460 Å². The summed E-state index contributed by atoms with van der Waals surface area (Å²) in [6.07, 6.45) is -27.4. The molecule has 480 valence electrons. The molecule has 5 aliphatic rings. The number of azide groups is 3. The summed E-state index contributed by atoms with van der Waals surface area (Å²) in [4.78, 5) is 35.5. The number of aliphatic hydroxyl groups excluding tert-OH is 5. The predicted molar refractivity (Wildman–Crippen MR) is 285 cm³/mol. The van der Waals surface area contributed by atoms with Gasteiger partial charge in [0.25, 0.3) is 0 Å². The Bertz CT molecular complexity index is 2100. The second kappa shape index (κ2) is 37.0. The molecule has 5 saturated heterocycles. The maximum atomic E-state index is 13.4. The Morgan fingerprint density at radius 3 is 1.42 bits per heavy atom. The highest BCUT2D eigenvalue weighted by Crippen LogP contribution is 2.40. The van der Waals surface area contributed by atoms with E-state index in [2.05, 4.69) is 30.1 Å². The fraction of sp³-hybridized carbons (Fsp3) is 0.961. The molecule has 0 aromatic heterocycles. The molecule has 5 heterocycles. The molecule has 0 saturated carbocycles. The van der Waals surface area contributed by atoms with Gasteiger partial charge < -0.3 is 107 Å². The first-order chi connectivity index (χ1) is 40.7. The van der Waals surface area contributed by atoms with Gasteiger partial charge in [-0.2, -0.15) is 0 Å². The van der Waals surface area contributed by atoms with Gasteiger partial charge >= 0.3 is 11.9 Å². The summed E-state index contributed by atoms with van der Waals surface area (Å²) < 4.78 is 92.2. The van der Waals surface area contributed by atoms with Crippen molar-refractivity contribution in [2.24, 2.45) is 15.3 Å². The van der Waals surface area contributed by atoms with E-state index in [0.717, 1.165) is 6.42 Å². The third kappa shape index (κ3) is 18.6. The Kier molecular flexibility index (Phi) is 31.2. The zero-order chi connectivity index (χ0) is 61.3. The second-order valence-corrected chi connectivity index (χ2v) is 20.7. The number of carbonyl (C=O) groups is 2. The number of aliphatic carboxylic acids is 2. The molecule has 33 nitrogen and oxygen atoms in total. The Labute approximate surface area is 486 Å². The van der Waals surface area contributed by atoms with Crippen molar-refractivity contribution in [3.05, 3.63) is 31.3 Å². The van der Waals surface area contributed by atoms with Crippen molar-refractivity contribution >= 4 is 11.9 Å². The van der Waals surface area contributed by atoms with Crippen LogP contribution in [0.3, 0.4) is 0 Å². The number of aliphatic hydroxyl groups is 5. The van der Waals surface area contributed by atoms with E-state index >= 15 is 0 Å². The first kappa shape index (κ1) is 70.8. The van der Waals surface area contributed by atoms with Crippen LogP contribution in [0.4, 0.5) is 0 Å². The van der Waals surface area contributed by atoms with Gasteiger partial charge in [0.2, 0.25) is 0 Å². The minimum atomic E-state index is -2.12. The Morgan fingerprint density at radius 1 is 0.464 bits per heavy atom. The second-order valence-electron chi connectivity index (χ2n) is 20.7. The van der Waals surface area contributed by atoms with Gasteiger partial charge in [0.15, 0.2) is 43.7 Å². The predicted octanol–water partition coefficient (Wildman–Crippen LogP) is 3.02. The molecular weight excluding hydrogens is 1120 g/mol. The van der Waals surface area contributed by atoms with Crippen LogP contribution in [0.25, 0.3) is 31.3 Å². The van der Waals surface area contributed by atoms with Crippen LogP contribution in [0.15, 0.2) is 15.3 Å². The first-order valence-electron chi connectivity index (χ1n) is 29.0. The molecule has 33 heteroatoms. The maximum Gasteiger partial charge on any atom is 0.335 e. The molecule has 0 amide bonds. The minimum Gasteiger partial charge on any atom is -0.479 e. The number of hydrogen-bond donors (Lipinski definition) is 7. The highest BCUT2D eigenvalue weighted by Gasteiger charge is 2.59. The Balaban J connectivity index is 1.48. The van der Waals surface area contributed by atoms with Crippen LogP contribution in [0.5, 0.6) is 0 Å². The van der Waals surface area contributed by atoms with Crippen LogP contribution >= 0.6 is 0 Å². The molecule has 5 aliphatic heterocycles. The summed E-state index contributed by atoms with van der Waals surface area (Å²) in [5.74, 6) is -3.28. The first-order valence-corrected chi connectivity index (χ1v) is 29.0. The largest absolute Gasteiger partial charge is 0.479 e. The van der Waals surface area contributed by atoms with Gasteiger partial charge in [-0.25, -0.2) is 9.59 Å². The number of carboxylic acids is 2. The SMILES string of the molecule is CCCCOC1[C@H](O[C@H]2OC(CO)[C@@H](O[C@@H]3O[C@@H](C(=O)O)[C@@H](O[C@H]4O[C@@H](CO)[C@@H](OCCCC)C[C@@H]4N=[N+]=[N-])C(OCCCC)[C@@H]3OCCCC)[C@H](O)C2N=[N+]=[N-])C(C(=O)O)O[C@@H](O[C@@H]2C(CO)O[C@H](OC)C(N=[N+]=[N-])[C@H]2OCCCC)[C@H]1O. The molecule has 24 atom stereocenters. The van der Waals surface area contributed by atoms with E-state index in [1.807, 2.05) is 34.6 Å². The molecule has 7 unspecified atom stereocenters. The summed E-state index contributed by atoms with van der Waals surface area (Å²) in [6.45, 7) is 7.71. The fourth-order valence-electron chi connectivity index (χ4n) is 10.3. The lowest BCUT2D eigenvalue weighted by molar-refractivity contribution is -0.379. The van der Waals surface area contributed by atoms with E-state index in [9.17, 15) is 61.9 Å². The summed E-state index contributed by atoms with van der Waals surface area (Å²) in [5.41, 5.74) is 29.1. The molecule has 0 radical (unpaired) electrons. The van der Waals surface area contributed by atoms with Crippen LogP contribution in [-0.2, 0) is 80.6 Å². The Hall–Kier alpha value is -3.93. The monoisotopic (exact) mass is 1210 g/mol. The molecule has 0 aromatic rings. The van der Waals surface area contributed by atoms with Crippen molar-refractivity contribution in [1.82, 2.24) is 0 Å². The van der Waals surface area contributed by atoms with Crippen molar-refractivity contribution in [3.8, 4) is 0 Å². The average molecular weight is 1210 g/mol. The number of unbranched alkanes of at least 4 members (excludes halogenated alkanes) is 5. The van der Waals surface area contributed by atoms with Crippen LogP contribution in [-0.4, -0.2) is 255 Å². The van der Waals surface area contributed by atoms with Gasteiger partial charge in [-0.3, -0.25) is 0 Å². The number of rotatable bonds is 37. The minimum absolute atomic E-state index is 0.0271. The molecule has 84 heavy (non-hydrogen) atoms. The average Bonchev–Trinajstić information content (AvgIpc) is 2.67. The van der Waals surface area contributed by atoms with Crippen LogP contribution in [0.2, 0.25) is 0 Å². The molecule has 7 N–H and O–H groups in total. The van der Waals surface area contributed by atoms with Crippen molar-refractivity contribution in [1.29, 1.82) is 0 Å². The number of carboxylic acid groups (broad SMARTS) is 2. The highest BCUT2D eigenvalue weighted by atomic mass is 16.8. The smallest absolute Gasteiger partial charge is 0.335 e. The fourth-order valence-corrected chi connectivity index (χ4v) is 10.3. The van der Waals surface area contributed by atoms with Crippen molar-refractivity contribution in [3.63, 3.8) is 0 Å². The lowest BCUT2D eigenvalue weighted by Gasteiger charge is -2.50. The summed E-state index contributed by atoms with van der Waals surface area (Å²) in [7, 11) is 1.28. The van der Waals surface area contributed by atoms with Crippen molar-refractivity contribution < 1.29 is 116 Å². The van der Waals surface area contributed by atoms with E-state index in [4.69, 9.17) is 71.1 Å². The third-order valence-corrected chi connectivity index (χ3v) is 14.8. The third-order valence-electron chi connectivity index (χ3n) is 14.8. The molecule has 0 aromatic carbocycles. The summed E-state index contributed by atoms with van der Waals surface area (Å²) >= 11 is 0. The molecule has 0 bridgehead atoms. The van der Waals surface area contributed by atoms with Gasteiger partial charge in [-0.1, -0.05) is 82.1 Å². The highest BCUT2D eigenvalue weighted by molar-refractivity contribution is 5.74. The summed E-state index contributed by atoms with van der Waals surface area (Å²) in [6, 6.07) is -4.19. The van der Waals surface area contributed by atoms with E-state index in [0.29, 0.717) is 64.4 Å². The zero-order valence-corrected chi connectivity index (χ0v) is 48.4. The van der Waals surface area contributed by atoms with E-state index in [1.54, 1.807) is 0 Å². The standard InChI is InChI=1S/C51H87N9O24/c1-7-12-17-71-27-22-26(55-58-52)47(76-28(27)23-61)81-41-39(74-20-15-10-4)44(75-21-16-11-5)51(84-43(41)46(68)69)79-35-29(24-62)78-49(31(33(35)64)56-59-53)82-40-38(73-19-14-9-3)34(65)50(83-42(40)45(66)67)80-36-30(25-63)77-48(70-6)32(57-60-54)37(36)72-18-13-8-2/h26-44,47-51,61-65H,7-25H2,1-6H3,(H,66,67)(H,68,69)/t26-,27-,28-,29?,30?,31?,32?,33+,34-,35+,36+,37+,38?,39?,40-,41-,42?,43+,44-,47+,48-,49+,50+,51+/m0/s1. The quantitative estimate of drug-likeness (QED) is 0.0203. The summed E-state index contributed by atoms with van der Waals surface area (Å²) in [5, 5.41) is 89.4. The van der Waals surface area contributed by atoms with E-state index < -0.39 is 179 Å². The number of hydrogen-bond acceptors (Lipinski definition) is 25. The van der Waals surface area contributed by atoms with Gasteiger partial charge in [0.05, 0.1) is 44.2 Å². The van der Waals surface area contributed by atoms with E-state index in [-0.39, 0.29) is 32.8 Å². The van der Waals surface area contributed by atoms with Gasteiger partial charge in [-0.15, -0.1) is 0 Å². The van der Waals surface area contributed by atoms with Gasteiger partial charge in [-0.05, 0) is 55.1 Å². The number of methoxy groups -OCH3 is 1. The molecule has 0 aliphatic carbocycles. The van der Waals surface area contributed by atoms with E-state index in [1.165, 1.54) is 7.11 Å². The Morgan fingerprint density at radius 2 is 0.893 bits per heavy atom. The molecule has 5 fully saturated rings. The van der Waals surface area contributed by atoms with Gasteiger partial charge in [0, 0.05) is 54.9 Å². The molecular formula is C51H87N9O24.